The van der Waals surface area contributed by atoms with Gasteiger partial charge in [-0.2, -0.15) is 5.10 Å². The maximum atomic E-state index is 10.7. The van der Waals surface area contributed by atoms with Crippen molar-refractivity contribution in [3.8, 4) is 11.3 Å². The van der Waals surface area contributed by atoms with Gasteiger partial charge in [0, 0.05) is 17.3 Å². The van der Waals surface area contributed by atoms with Crippen LogP contribution in [0.5, 0.6) is 0 Å². The lowest BCUT2D eigenvalue weighted by atomic mass is 10.1. The first kappa shape index (κ1) is 16.6. The van der Waals surface area contributed by atoms with Crippen molar-refractivity contribution < 1.29 is 14.7 Å². The average Bonchev–Trinajstić information content (AvgIpc) is 3.00. The van der Waals surface area contributed by atoms with Crippen LogP contribution in [0.3, 0.4) is 0 Å². The number of rotatable bonds is 4. The third-order valence-electron chi connectivity index (χ3n) is 2.88. The summed E-state index contributed by atoms with van der Waals surface area (Å²) in [6.07, 6.45) is 2.51. The molecule has 4 N–H and O–H groups in total. The summed E-state index contributed by atoms with van der Waals surface area (Å²) in [5.74, 6) is -0.910. The number of nitrogens with zero attached hydrogens (tertiary/aromatic N) is 1. The molecule has 0 bridgehead atoms. The number of hydrogen-bond acceptors (Lipinski definition) is 4. The summed E-state index contributed by atoms with van der Waals surface area (Å²) in [7, 11) is 0. The third-order valence-corrected chi connectivity index (χ3v) is 2.88. The molecule has 0 amide bonds. The van der Waals surface area contributed by atoms with Gasteiger partial charge in [-0.25, -0.2) is 0 Å². The van der Waals surface area contributed by atoms with E-state index in [0.29, 0.717) is 5.56 Å². The molecule has 0 saturated carbocycles. The van der Waals surface area contributed by atoms with E-state index in [1.165, 1.54) is 0 Å². The zero-order chi connectivity index (χ0) is 15.8. The Bertz CT molecular complexity index is 580. The van der Waals surface area contributed by atoms with E-state index >= 15 is 0 Å². The highest BCUT2D eigenvalue weighted by molar-refractivity contribution is 5.86. The fourth-order valence-corrected chi connectivity index (χ4v) is 1.54. The number of aromatic nitrogens is 2. The van der Waals surface area contributed by atoms with E-state index in [1.807, 2.05) is 24.3 Å². The van der Waals surface area contributed by atoms with Crippen molar-refractivity contribution in [2.75, 3.05) is 0 Å². The van der Waals surface area contributed by atoms with E-state index in [2.05, 4.69) is 10.2 Å². The molecule has 0 spiro atoms. The Balaban J connectivity index is 0.000000240. The molecule has 0 aliphatic heterocycles. The summed E-state index contributed by atoms with van der Waals surface area (Å²) in [6.45, 7) is 3.55. The Morgan fingerprint density at radius 2 is 2.00 bits per heavy atom. The number of carbonyl (C=O) groups excluding carboxylic acids is 1. The van der Waals surface area contributed by atoms with Crippen LogP contribution < -0.4 is 5.73 Å². The molecule has 0 radical (unpaired) electrons. The van der Waals surface area contributed by atoms with Crippen LogP contribution in [-0.4, -0.2) is 33.6 Å². The normalized spacial score (nSPS) is 11.4. The highest BCUT2D eigenvalue weighted by atomic mass is 16.4. The molecule has 2 aromatic rings. The van der Waals surface area contributed by atoms with E-state index in [4.69, 9.17) is 10.8 Å². The summed E-state index contributed by atoms with van der Waals surface area (Å²) < 4.78 is 0. The topological polar surface area (TPSA) is 109 Å². The molecule has 1 atom stereocenters. The van der Waals surface area contributed by atoms with Crippen molar-refractivity contribution in [2.45, 2.75) is 19.9 Å². The SMILES string of the molecule is CC(C)[C@H](N)C(=O)O.O=Cc1ccccc1-c1ccn[nH]1. The second-order valence-electron chi connectivity index (χ2n) is 4.78. The number of benzene rings is 1. The summed E-state index contributed by atoms with van der Waals surface area (Å²) >= 11 is 0. The van der Waals surface area contributed by atoms with E-state index in [1.54, 1.807) is 26.1 Å². The van der Waals surface area contributed by atoms with Crippen LogP contribution in [0.4, 0.5) is 0 Å². The zero-order valence-corrected chi connectivity index (χ0v) is 12.0. The summed E-state index contributed by atoms with van der Waals surface area (Å²) in [4.78, 5) is 20.7. The fourth-order valence-electron chi connectivity index (χ4n) is 1.54. The summed E-state index contributed by atoms with van der Waals surface area (Å²) in [5.41, 5.74) is 7.58. The van der Waals surface area contributed by atoms with Crippen LogP contribution in [0.1, 0.15) is 24.2 Å². The first-order valence-electron chi connectivity index (χ1n) is 6.49. The largest absolute Gasteiger partial charge is 0.480 e. The number of aldehydes is 1. The minimum absolute atomic E-state index is 0.0208. The number of aromatic amines is 1. The molecule has 0 aliphatic rings. The second-order valence-corrected chi connectivity index (χ2v) is 4.78. The lowest BCUT2D eigenvalue weighted by molar-refractivity contribution is -0.139. The van der Waals surface area contributed by atoms with Gasteiger partial charge in [-0.1, -0.05) is 38.1 Å². The molecule has 0 saturated heterocycles. The van der Waals surface area contributed by atoms with Crippen molar-refractivity contribution in [3.63, 3.8) is 0 Å². The Hall–Kier alpha value is -2.47. The van der Waals surface area contributed by atoms with Crippen LogP contribution in [0.25, 0.3) is 11.3 Å². The van der Waals surface area contributed by atoms with Gasteiger partial charge in [-0.15, -0.1) is 0 Å². The van der Waals surface area contributed by atoms with Crippen LogP contribution in [-0.2, 0) is 4.79 Å². The van der Waals surface area contributed by atoms with E-state index < -0.39 is 12.0 Å². The van der Waals surface area contributed by atoms with Gasteiger partial charge in [-0.05, 0) is 12.0 Å². The van der Waals surface area contributed by atoms with Gasteiger partial charge >= 0.3 is 5.97 Å². The van der Waals surface area contributed by atoms with E-state index in [0.717, 1.165) is 17.5 Å². The highest BCUT2D eigenvalue weighted by Crippen LogP contribution is 2.19. The van der Waals surface area contributed by atoms with Crippen molar-refractivity contribution in [2.24, 2.45) is 11.7 Å². The van der Waals surface area contributed by atoms with Crippen LogP contribution in [0.2, 0.25) is 0 Å². The lowest BCUT2D eigenvalue weighted by Gasteiger charge is -2.07. The molecule has 21 heavy (non-hydrogen) atoms. The average molecular weight is 289 g/mol. The molecule has 0 fully saturated rings. The third kappa shape index (κ3) is 4.85. The molecular weight excluding hydrogens is 270 g/mol. The van der Waals surface area contributed by atoms with E-state index in [9.17, 15) is 9.59 Å². The lowest BCUT2D eigenvalue weighted by Crippen LogP contribution is -2.34. The first-order valence-corrected chi connectivity index (χ1v) is 6.49. The number of nitrogens with two attached hydrogens (primary N) is 1. The molecule has 1 aromatic carbocycles. The highest BCUT2D eigenvalue weighted by Gasteiger charge is 2.14. The van der Waals surface area contributed by atoms with Crippen LogP contribution in [0.15, 0.2) is 36.5 Å². The van der Waals surface area contributed by atoms with Crippen molar-refractivity contribution in [1.29, 1.82) is 0 Å². The van der Waals surface area contributed by atoms with Crippen molar-refractivity contribution in [1.82, 2.24) is 10.2 Å². The van der Waals surface area contributed by atoms with Gasteiger partial charge in [0.2, 0.25) is 0 Å². The van der Waals surface area contributed by atoms with Crippen molar-refractivity contribution >= 4 is 12.3 Å². The molecule has 0 aliphatic carbocycles. The minimum Gasteiger partial charge on any atom is -0.480 e. The molecule has 2 rings (SSSR count). The van der Waals surface area contributed by atoms with Crippen LogP contribution in [0, 0.1) is 5.92 Å². The number of carboxylic acids is 1. The number of nitrogens with one attached hydrogen (secondary N) is 1. The minimum atomic E-state index is -0.931. The molecule has 1 aromatic heterocycles. The van der Waals surface area contributed by atoms with Gasteiger partial charge in [0.05, 0.1) is 5.69 Å². The molecule has 6 nitrogen and oxygen atoms in total. The molecule has 0 unspecified atom stereocenters. The summed E-state index contributed by atoms with van der Waals surface area (Å²) in [5, 5.41) is 14.9. The first-order chi connectivity index (χ1) is 9.97. The number of aliphatic carboxylic acids is 1. The number of hydrogen-bond donors (Lipinski definition) is 3. The smallest absolute Gasteiger partial charge is 0.320 e. The van der Waals surface area contributed by atoms with Gasteiger partial charge in [0.25, 0.3) is 0 Å². The fraction of sp³-hybridized carbons (Fsp3) is 0.267. The van der Waals surface area contributed by atoms with Crippen molar-refractivity contribution in [3.05, 3.63) is 42.1 Å². The Morgan fingerprint density at radius 1 is 1.33 bits per heavy atom. The molecule has 6 heteroatoms. The maximum Gasteiger partial charge on any atom is 0.320 e. The van der Waals surface area contributed by atoms with Crippen LogP contribution >= 0.6 is 0 Å². The zero-order valence-electron chi connectivity index (χ0n) is 12.0. The second kappa shape index (κ2) is 7.96. The number of carbonyl (C=O) groups is 2. The number of carboxylic acid groups (broad SMARTS) is 1. The standard InChI is InChI=1S/C10H8N2O.C5H11NO2/c13-7-8-3-1-2-4-9(8)10-5-6-11-12-10;1-3(2)4(6)5(7)8/h1-7H,(H,11,12);3-4H,6H2,1-2H3,(H,7,8)/t;4-/m.0/s1. The predicted octanol–water partition coefficient (Wildman–Crippen LogP) is 1.94. The summed E-state index contributed by atoms with van der Waals surface area (Å²) in [6, 6.07) is 8.52. The molecule has 112 valence electrons. The monoisotopic (exact) mass is 289 g/mol. The number of H-pyrrole nitrogens is 1. The Labute approximate surface area is 123 Å². The van der Waals surface area contributed by atoms with Gasteiger partial charge in [0.1, 0.15) is 6.04 Å². The quantitative estimate of drug-likeness (QED) is 0.745. The maximum absolute atomic E-state index is 10.7. The Kier molecular flexibility index (Phi) is 6.29. The van der Waals surface area contributed by atoms with Gasteiger partial charge in [-0.3, -0.25) is 14.7 Å². The molecule has 1 heterocycles. The predicted molar refractivity (Wildman–Crippen MR) is 79.9 cm³/mol. The van der Waals surface area contributed by atoms with Gasteiger partial charge in [0.15, 0.2) is 6.29 Å². The molecular formula is C15H19N3O3. The Morgan fingerprint density at radius 3 is 2.43 bits per heavy atom. The van der Waals surface area contributed by atoms with Gasteiger partial charge < -0.3 is 10.8 Å². The van der Waals surface area contributed by atoms with E-state index in [-0.39, 0.29) is 5.92 Å².